The number of nitrogens with zero attached hydrogens (tertiary/aromatic N) is 2. The predicted molar refractivity (Wildman–Crippen MR) is 53.7 cm³/mol. The van der Waals surface area contributed by atoms with Gasteiger partial charge >= 0.3 is 11.9 Å². The van der Waals surface area contributed by atoms with Gasteiger partial charge in [-0.05, 0) is 0 Å². The fourth-order valence-electron chi connectivity index (χ4n) is 1.15. The van der Waals surface area contributed by atoms with Crippen molar-refractivity contribution in [3.05, 3.63) is 33.9 Å². The average Bonchev–Trinajstić information content (AvgIpc) is 2.31. The minimum atomic E-state index is -4.88. The summed E-state index contributed by atoms with van der Waals surface area (Å²) < 4.78 is 67.4. The van der Waals surface area contributed by atoms with Gasteiger partial charge in [0.1, 0.15) is 6.61 Å². The van der Waals surface area contributed by atoms with Crippen LogP contribution >= 0.6 is 0 Å². The largest absolute Gasteiger partial charge is 0.489 e. The molecule has 1 aromatic carbocycles. The van der Waals surface area contributed by atoms with Crippen LogP contribution in [0.25, 0.3) is 0 Å². The number of hydrogen-bond donors (Lipinski definition) is 0. The summed E-state index contributed by atoms with van der Waals surface area (Å²) in [6.45, 7) is -1.26. The topological polar surface area (TPSA) is 76.2 Å². The second-order valence-corrected chi connectivity index (χ2v) is 3.53. The third-order valence-corrected chi connectivity index (χ3v) is 2.15. The van der Waals surface area contributed by atoms with E-state index in [2.05, 4.69) is 4.74 Å². The Bertz CT molecular complexity index is 567. The molecule has 10 heteroatoms. The number of ether oxygens (including phenoxy) is 1. The molecule has 0 bridgehead atoms. The van der Waals surface area contributed by atoms with Gasteiger partial charge < -0.3 is 4.74 Å². The minimum Gasteiger partial charge on any atom is -0.489 e. The van der Waals surface area contributed by atoms with Crippen LogP contribution in [0.4, 0.5) is 27.6 Å². The highest BCUT2D eigenvalue weighted by Gasteiger charge is 2.40. The molecule has 0 amide bonds. The first kappa shape index (κ1) is 15.6. The molecule has 1 atom stereocenters. The highest BCUT2D eigenvalue weighted by atomic mass is 19.4. The fraction of sp³-hybridized carbons (Fsp3) is 0.300. The van der Waals surface area contributed by atoms with Crippen molar-refractivity contribution < 1.29 is 31.6 Å². The van der Waals surface area contributed by atoms with Crippen LogP contribution in [0, 0.1) is 39.0 Å². The zero-order valence-electron chi connectivity index (χ0n) is 9.45. The Kier molecular flexibility index (Phi) is 4.44. The maximum atomic E-state index is 13.3. The first-order valence-electron chi connectivity index (χ1n) is 4.89. The summed E-state index contributed by atoms with van der Waals surface area (Å²) in [5.74, 6) is -6.35. The van der Waals surface area contributed by atoms with Gasteiger partial charge in [-0.1, -0.05) is 0 Å². The van der Waals surface area contributed by atoms with Gasteiger partial charge in [-0.3, -0.25) is 10.1 Å². The Balaban J connectivity index is 2.93. The van der Waals surface area contributed by atoms with Crippen molar-refractivity contribution in [2.45, 2.75) is 6.18 Å². The average molecular weight is 296 g/mol. The highest BCUT2D eigenvalue weighted by molar-refractivity contribution is 5.39. The SMILES string of the molecule is N#CC(COc1cc(F)c([N+](=O)[O-])cc1F)C(F)(F)F. The van der Waals surface area contributed by atoms with Gasteiger partial charge in [0.25, 0.3) is 0 Å². The second kappa shape index (κ2) is 5.68. The lowest BCUT2D eigenvalue weighted by atomic mass is 10.2. The predicted octanol–water partition coefficient (Wildman–Crippen LogP) is 2.95. The standard InChI is InChI=1S/C10H5F5N2O3/c11-6-2-9(7(12)1-8(6)17(18)19)20-4-5(3-16)10(13,14)15/h1-2,5H,4H2. The van der Waals surface area contributed by atoms with Crippen LogP contribution < -0.4 is 4.74 Å². The van der Waals surface area contributed by atoms with Crippen molar-refractivity contribution in [3.8, 4) is 11.8 Å². The lowest BCUT2D eigenvalue weighted by molar-refractivity contribution is -0.387. The molecular formula is C10H5F5N2O3. The normalized spacial score (nSPS) is 12.6. The fourth-order valence-corrected chi connectivity index (χ4v) is 1.15. The summed E-state index contributed by atoms with van der Waals surface area (Å²) in [6, 6.07) is 1.33. The molecule has 0 aliphatic heterocycles. The van der Waals surface area contributed by atoms with Crippen molar-refractivity contribution in [2.75, 3.05) is 6.61 Å². The summed E-state index contributed by atoms with van der Waals surface area (Å²) in [4.78, 5) is 9.10. The number of halogens is 5. The van der Waals surface area contributed by atoms with E-state index in [0.29, 0.717) is 0 Å². The van der Waals surface area contributed by atoms with Crippen LogP contribution in [0.1, 0.15) is 0 Å². The molecule has 1 unspecified atom stereocenters. The van der Waals surface area contributed by atoms with Crippen molar-refractivity contribution in [1.29, 1.82) is 5.26 Å². The third-order valence-electron chi connectivity index (χ3n) is 2.15. The molecule has 0 saturated heterocycles. The zero-order valence-corrected chi connectivity index (χ0v) is 9.45. The van der Waals surface area contributed by atoms with Gasteiger partial charge in [0.2, 0.25) is 5.82 Å². The number of nitriles is 1. The number of alkyl halides is 3. The number of rotatable bonds is 4. The van der Waals surface area contributed by atoms with Crippen molar-refractivity contribution in [3.63, 3.8) is 0 Å². The quantitative estimate of drug-likeness (QED) is 0.486. The van der Waals surface area contributed by atoms with Crippen LogP contribution in [0.15, 0.2) is 12.1 Å². The molecule has 0 fully saturated rings. The van der Waals surface area contributed by atoms with E-state index in [0.717, 1.165) is 6.07 Å². The summed E-state index contributed by atoms with van der Waals surface area (Å²) in [7, 11) is 0. The Morgan fingerprint density at radius 2 is 1.95 bits per heavy atom. The highest BCUT2D eigenvalue weighted by Crippen LogP contribution is 2.29. The van der Waals surface area contributed by atoms with E-state index in [-0.39, 0.29) is 12.1 Å². The lowest BCUT2D eigenvalue weighted by Crippen LogP contribution is -2.27. The van der Waals surface area contributed by atoms with Gasteiger partial charge in [0.15, 0.2) is 17.5 Å². The lowest BCUT2D eigenvalue weighted by Gasteiger charge is -2.14. The molecule has 0 saturated carbocycles. The van der Waals surface area contributed by atoms with E-state index in [1.54, 1.807) is 0 Å². The molecule has 0 radical (unpaired) electrons. The number of hydrogen-bond acceptors (Lipinski definition) is 4. The van der Waals surface area contributed by atoms with Crippen molar-refractivity contribution in [1.82, 2.24) is 0 Å². The van der Waals surface area contributed by atoms with E-state index in [1.165, 1.54) is 0 Å². The number of benzene rings is 1. The van der Waals surface area contributed by atoms with E-state index < -0.39 is 46.7 Å². The summed E-state index contributed by atoms with van der Waals surface area (Å²) in [5.41, 5.74) is -1.18. The smallest absolute Gasteiger partial charge is 0.407 e. The van der Waals surface area contributed by atoms with E-state index in [9.17, 15) is 32.1 Å². The van der Waals surface area contributed by atoms with E-state index >= 15 is 0 Å². The van der Waals surface area contributed by atoms with Crippen LogP contribution in [0.2, 0.25) is 0 Å². The Hall–Kier alpha value is -2.44. The summed E-state index contributed by atoms with van der Waals surface area (Å²) in [6.07, 6.45) is -4.88. The third kappa shape index (κ3) is 3.53. The zero-order chi connectivity index (χ0) is 15.5. The van der Waals surface area contributed by atoms with Crippen molar-refractivity contribution in [2.24, 2.45) is 5.92 Å². The van der Waals surface area contributed by atoms with Gasteiger partial charge in [-0.2, -0.15) is 22.8 Å². The molecule has 5 nitrogen and oxygen atoms in total. The minimum absolute atomic E-state index is 0.180. The molecular weight excluding hydrogens is 291 g/mol. The van der Waals surface area contributed by atoms with E-state index in [4.69, 9.17) is 5.26 Å². The molecule has 1 aromatic rings. The van der Waals surface area contributed by atoms with Crippen LogP contribution in [-0.2, 0) is 0 Å². The molecule has 0 aromatic heterocycles. The number of nitro groups is 1. The Morgan fingerprint density at radius 3 is 2.40 bits per heavy atom. The summed E-state index contributed by atoms with van der Waals surface area (Å²) >= 11 is 0. The first-order valence-corrected chi connectivity index (χ1v) is 4.89. The Labute approximate surface area is 108 Å². The monoisotopic (exact) mass is 296 g/mol. The van der Waals surface area contributed by atoms with Crippen LogP contribution in [0.3, 0.4) is 0 Å². The van der Waals surface area contributed by atoms with Gasteiger partial charge in [0.05, 0.1) is 17.1 Å². The Morgan fingerprint density at radius 1 is 1.35 bits per heavy atom. The van der Waals surface area contributed by atoms with E-state index in [1.807, 2.05) is 0 Å². The molecule has 0 aliphatic rings. The van der Waals surface area contributed by atoms with Crippen LogP contribution in [-0.4, -0.2) is 17.7 Å². The van der Waals surface area contributed by atoms with Gasteiger partial charge in [-0.25, -0.2) is 4.39 Å². The molecule has 108 valence electrons. The number of nitro benzene ring substituents is 1. The molecule has 1 rings (SSSR count). The molecule has 0 spiro atoms. The molecule has 0 N–H and O–H groups in total. The van der Waals surface area contributed by atoms with Crippen LogP contribution in [0.5, 0.6) is 5.75 Å². The van der Waals surface area contributed by atoms with Gasteiger partial charge in [0, 0.05) is 6.07 Å². The van der Waals surface area contributed by atoms with Gasteiger partial charge in [-0.15, -0.1) is 0 Å². The molecule has 20 heavy (non-hydrogen) atoms. The second-order valence-electron chi connectivity index (χ2n) is 3.53. The maximum Gasteiger partial charge on any atom is 0.407 e. The molecule has 0 heterocycles. The van der Waals surface area contributed by atoms with Crippen molar-refractivity contribution >= 4 is 5.69 Å². The molecule has 0 aliphatic carbocycles. The maximum absolute atomic E-state index is 13.3. The first-order chi connectivity index (χ1) is 9.16. The summed E-state index contributed by atoms with van der Waals surface area (Å²) in [5, 5.41) is 18.6.